The van der Waals surface area contributed by atoms with Gasteiger partial charge in [-0.25, -0.2) is 0 Å². The van der Waals surface area contributed by atoms with Gasteiger partial charge in [-0.15, -0.1) is 0 Å². The fraction of sp³-hybridized carbons (Fsp3) is 0.200. The lowest BCUT2D eigenvalue weighted by Crippen LogP contribution is -2.01. The molecule has 5 heteroatoms. The molecule has 1 heterocycles. The van der Waals surface area contributed by atoms with Crippen LogP contribution in [-0.4, -0.2) is 11.6 Å². The van der Waals surface area contributed by atoms with Crippen LogP contribution in [0.25, 0.3) is 0 Å². The average molecular weight is 289 g/mol. The van der Waals surface area contributed by atoms with Gasteiger partial charge in [-0.1, -0.05) is 17.7 Å². The standard InChI is InChI=1S/C15H13ClN2O2/c1-2-19-14-7-12(8-17)6-13(16)15(14)20-10-11-4-3-5-18-9-11/h3-7,9H,2,10H2,1H3. The number of hydrogen-bond donors (Lipinski definition) is 0. The van der Waals surface area contributed by atoms with Crippen molar-refractivity contribution in [1.82, 2.24) is 4.98 Å². The van der Waals surface area contributed by atoms with E-state index < -0.39 is 0 Å². The van der Waals surface area contributed by atoms with E-state index in [0.29, 0.717) is 35.3 Å². The number of nitrogens with zero attached hydrogens (tertiary/aromatic N) is 2. The molecule has 20 heavy (non-hydrogen) atoms. The SMILES string of the molecule is CCOc1cc(C#N)cc(Cl)c1OCc1cccnc1. The van der Waals surface area contributed by atoms with Crippen LogP contribution < -0.4 is 9.47 Å². The van der Waals surface area contributed by atoms with E-state index in [2.05, 4.69) is 4.98 Å². The molecule has 2 aromatic rings. The molecule has 0 spiro atoms. The zero-order valence-corrected chi connectivity index (χ0v) is 11.7. The van der Waals surface area contributed by atoms with Crippen LogP contribution in [-0.2, 0) is 6.61 Å². The molecule has 0 N–H and O–H groups in total. The van der Waals surface area contributed by atoms with Crippen molar-refractivity contribution < 1.29 is 9.47 Å². The summed E-state index contributed by atoms with van der Waals surface area (Å²) in [5.41, 5.74) is 1.36. The smallest absolute Gasteiger partial charge is 0.180 e. The Morgan fingerprint density at radius 2 is 2.20 bits per heavy atom. The van der Waals surface area contributed by atoms with Crippen molar-refractivity contribution in [3.05, 3.63) is 52.8 Å². The molecule has 0 fully saturated rings. The summed E-state index contributed by atoms with van der Waals surface area (Å²) in [6.07, 6.45) is 3.42. The molecular weight excluding hydrogens is 276 g/mol. The Kier molecular flexibility index (Phi) is 4.80. The highest BCUT2D eigenvalue weighted by Crippen LogP contribution is 2.37. The summed E-state index contributed by atoms with van der Waals surface area (Å²) in [4.78, 5) is 4.02. The van der Waals surface area contributed by atoms with E-state index in [-0.39, 0.29) is 0 Å². The van der Waals surface area contributed by atoms with Crippen molar-refractivity contribution in [3.63, 3.8) is 0 Å². The van der Waals surface area contributed by atoms with Crippen LogP contribution in [0.2, 0.25) is 5.02 Å². The predicted molar refractivity (Wildman–Crippen MR) is 75.9 cm³/mol. The predicted octanol–water partition coefficient (Wildman–Crippen LogP) is 3.58. The average Bonchev–Trinajstić information content (AvgIpc) is 2.47. The minimum absolute atomic E-state index is 0.333. The molecule has 0 atom stereocenters. The lowest BCUT2D eigenvalue weighted by molar-refractivity contribution is 0.269. The van der Waals surface area contributed by atoms with Crippen LogP contribution in [0.5, 0.6) is 11.5 Å². The number of pyridine rings is 1. The number of nitriles is 1. The van der Waals surface area contributed by atoms with Gasteiger partial charge in [0.05, 0.1) is 23.3 Å². The van der Waals surface area contributed by atoms with Gasteiger partial charge in [0, 0.05) is 24.0 Å². The summed E-state index contributed by atoms with van der Waals surface area (Å²) in [6.45, 7) is 2.66. The number of hydrogen-bond acceptors (Lipinski definition) is 4. The second kappa shape index (κ2) is 6.78. The number of rotatable bonds is 5. The number of halogens is 1. The minimum Gasteiger partial charge on any atom is -0.490 e. The highest BCUT2D eigenvalue weighted by molar-refractivity contribution is 6.32. The van der Waals surface area contributed by atoms with Gasteiger partial charge in [0.25, 0.3) is 0 Å². The molecule has 0 saturated heterocycles. The zero-order valence-electron chi connectivity index (χ0n) is 11.0. The van der Waals surface area contributed by atoms with E-state index in [1.165, 1.54) is 0 Å². The molecule has 0 amide bonds. The highest BCUT2D eigenvalue weighted by atomic mass is 35.5. The number of benzene rings is 1. The zero-order chi connectivity index (χ0) is 14.4. The van der Waals surface area contributed by atoms with E-state index in [0.717, 1.165) is 5.56 Å². The van der Waals surface area contributed by atoms with Crippen molar-refractivity contribution >= 4 is 11.6 Å². The van der Waals surface area contributed by atoms with Crippen molar-refractivity contribution in [1.29, 1.82) is 5.26 Å². The first-order valence-electron chi connectivity index (χ1n) is 6.12. The van der Waals surface area contributed by atoms with Gasteiger partial charge >= 0.3 is 0 Å². The van der Waals surface area contributed by atoms with E-state index in [1.54, 1.807) is 24.5 Å². The summed E-state index contributed by atoms with van der Waals surface area (Å²) in [6, 6.07) is 8.96. The lowest BCUT2D eigenvalue weighted by Gasteiger charge is -2.13. The summed E-state index contributed by atoms with van der Waals surface area (Å²) in [5, 5.41) is 9.30. The third-order valence-electron chi connectivity index (χ3n) is 2.54. The highest BCUT2D eigenvalue weighted by Gasteiger charge is 2.12. The summed E-state index contributed by atoms with van der Waals surface area (Å²) < 4.78 is 11.2. The molecule has 0 bridgehead atoms. The normalized spacial score (nSPS) is 9.85. The second-order valence-electron chi connectivity index (χ2n) is 3.98. The van der Waals surface area contributed by atoms with Gasteiger partial charge in [0.1, 0.15) is 6.61 Å². The number of ether oxygens (including phenoxy) is 2. The van der Waals surface area contributed by atoms with Gasteiger partial charge < -0.3 is 9.47 Å². The van der Waals surface area contributed by atoms with E-state index in [9.17, 15) is 0 Å². The van der Waals surface area contributed by atoms with E-state index in [1.807, 2.05) is 25.1 Å². The molecule has 0 aliphatic rings. The van der Waals surface area contributed by atoms with Crippen LogP contribution in [0.15, 0.2) is 36.7 Å². The summed E-state index contributed by atoms with van der Waals surface area (Å²) in [5.74, 6) is 0.914. The van der Waals surface area contributed by atoms with E-state index >= 15 is 0 Å². The van der Waals surface area contributed by atoms with Crippen LogP contribution in [0.3, 0.4) is 0 Å². The first-order chi connectivity index (χ1) is 9.74. The van der Waals surface area contributed by atoms with Crippen LogP contribution in [0.1, 0.15) is 18.1 Å². The molecule has 1 aromatic carbocycles. The Morgan fingerprint density at radius 1 is 1.35 bits per heavy atom. The lowest BCUT2D eigenvalue weighted by atomic mass is 10.2. The topological polar surface area (TPSA) is 55.1 Å². The van der Waals surface area contributed by atoms with Crippen molar-refractivity contribution in [2.24, 2.45) is 0 Å². The molecule has 0 aliphatic carbocycles. The first kappa shape index (κ1) is 14.2. The second-order valence-corrected chi connectivity index (χ2v) is 4.39. The Balaban J connectivity index is 2.24. The molecule has 0 saturated carbocycles. The minimum atomic E-state index is 0.333. The largest absolute Gasteiger partial charge is 0.490 e. The molecule has 2 rings (SSSR count). The molecule has 0 aliphatic heterocycles. The Bertz CT molecular complexity index is 624. The maximum Gasteiger partial charge on any atom is 0.180 e. The van der Waals surface area contributed by atoms with Crippen molar-refractivity contribution in [2.75, 3.05) is 6.61 Å². The summed E-state index contributed by atoms with van der Waals surface area (Å²) in [7, 11) is 0. The van der Waals surface area contributed by atoms with Gasteiger partial charge in [-0.3, -0.25) is 4.98 Å². The quantitative estimate of drug-likeness (QED) is 0.844. The van der Waals surface area contributed by atoms with Crippen LogP contribution in [0.4, 0.5) is 0 Å². The van der Waals surface area contributed by atoms with Gasteiger partial charge in [0.2, 0.25) is 0 Å². The first-order valence-corrected chi connectivity index (χ1v) is 6.50. The molecular formula is C15H13ClN2O2. The van der Waals surface area contributed by atoms with Crippen LogP contribution in [0, 0.1) is 11.3 Å². The Labute approximate surface area is 122 Å². The van der Waals surface area contributed by atoms with Crippen LogP contribution >= 0.6 is 11.6 Å². The van der Waals surface area contributed by atoms with E-state index in [4.69, 9.17) is 26.3 Å². The van der Waals surface area contributed by atoms with Crippen molar-refractivity contribution in [2.45, 2.75) is 13.5 Å². The number of aromatic nitrogens is 1. The summed E-state index contributed by atoms with van der Waals surface area (Å²) >= 11 is 6.14. The Morgan fingerprint density at radius 3 is 2.85 bits per heavy atom. The monoisotopic (exact) mass is 288 g/mol. The fourth-order valence-electron chi connectivity index (χ4n) is 1.67. The van der Waals surface area contributed by atoms with Gasteiger partial charge in [-0.05, 0) is 19.1 Å². The van der Waals surface area contributed by atoms with Crippen molar-refractivity contribution in [3.8, 4) is 17.6 Å². The molecule has 0 radical (unpaired) electrons. The third kappa shape index (κ3) is 3.40. The fourth-order valence-corrected chi connectivity index (χ4v) is 1.94. The van der Waals surface area contributed by atoms with Gasteiger partial charge in [-0.2, -0.15) is 5.26 Å². The Hall–Kier alpha value is -2.25. The maximum absolute atomic E-state index is 8.94. The molecule has 1 aromatic heterocycles. The third-order valence-corrected chi connectivity index (χ3v) is 2.83. The maximum atomic E-state index is 8.94. The molecule has 4 nitrogen and oxygen atoms in total. The van der Waals surface area contributed by atoms with Gasteiger partial charge in [0.15, 0.2) is 11.5 Å². The molecule has 0 unspecified atom stereocenters. The molecule has 102 valence electrons.